The minimum atomic E-state index is -0.0871. The lowest BCUT2D eigenvalue weighted by atomic mass is 10.1. The Kier molecular flexibility index (Phi) is 4.94. The third-order valence-electron chi connectivity index (χ3n) is 3.53. The van der Waals surface area contributed by atoms with Crippen molar-refractivity contribution in [2.45, 2.75) is 45.8 Å². The summed E-state index contributed by atoms with van der Waals surface area (Å²) in [5, 5.41) is 3.37. The summed E-state index contributed by atoms with van der Waals surface area (Å²) in [6, 6.07) is 5.91. The van der Waals surface area contributed by atoms with Gasteiger partial charge in [0.2, 0.25) is 0 Å². The van der Waals surface area contributed by atoms with Crippen LogP contribution in [-0.2, 0) is 13.1 Å². The largest absolute Gasteiger partial charge is 0.310 e. The predicted molar refractivity (Wildman–Crippen MR) is 77.4 cm³/mol. The first-order valence-electron chi connectivity index (χ1n) is 7.24. The van der Waals surface area contributed by atoms with Gasteiger partial charge in [0.25, 0.3) is 0 Å². The molecule has 1 aliphatic rings. The van der Waals surface area contributed by atoms with Crippen molar-refractivity contribution in [2.75, 3.05) is 13.6 Å². The van der Waals surface area contributed by atoms with Crippen LogP contribution >= 0.6 is 0 Å². The van der Waals surface area contributed by atoms with Crippen molar-refractivity contribution in [1.29, 1.82) is 0 Å². The fraction of sp³-hybridized carbons (Fsp3) is 0.625. The second-order valence-electron chi connectivity index (χ2n) is 6.10. The maximum atomic E-state index is 13.8. The summed E-state index contributed by atoms with van der Waals surface area (Å²) < 4.78 is 13.8. The zero-order chi connectivity index (χ0) is 13.8. The number of halogens is 1. The third kappa shape index (κ3) is 4.92. The molecule has 1 aliphatic carbocycles. The van der Waals surface area contributed by atoms with Gasteiger partial charge in [0.1, 0.15) is 5.82 Å². The van der Waals surface area contributed by atoms with Crippen LogP contribution in [0, 0.1) is 11.7 Å². The van der Waals surface area contributed by atoms with Crippen molar-refractivity contribution in [3.05, 3.63) is 35.1 Å². The van der Waals surface area contributed by atoms with Gasteiger partial charge in [0.05, 0.1) is 0 Å². The molecule has 106 valence electrons. The Morgan fingerprint density at radius 1 is 1.37 bits per heavy atom. The van der Waals surface area contributed by atoms with Crippen LogP contribution in [0.3, 0.4) is 0 Å². The normalized spacial score (nSPS) is 15.5. The molecule has 0 unspecified atom stereocenters. The molecular weight excluding hydrogens is 239 g/mol. The molecule has 19 heavy (non-hydrogen) atoms. The lowest BCUT2D eigenvalue weighted by Crippen LogP contribution is -2.23. The lowest BCUT2D eigenvalue weighted by Gasteiger charge is -2.17. The highest BCUT2D eigenvalue weighted by atomic mass is 19.1. The Balaban J connectivity index is 1.95. The Bertz CT molecular complexity index is 413. The highest BCUT2D eigenvalue weighted by molar-refractivity contribution is 5.25. The first kappa shape index (κ1) is 14.5. The van der Waals surface area contributed by atoms with Gasteiger partial charge in [-0.3, -0.25) is 0 Å². The minimum absolute atomic E-state index is 0.0871. The molecule has 1 saturated carbocycles. The van der Waals surface area contributed by atoms with E-state index < -0.39 is 0 Å². The van der Waals surface area contributed by atoms with Crippen molar-refractivity contribution in [2.24, 2.45) is 5.92 Å². The average molecular weight is 264 g/mol. The number of benzene rings is 1. The summed E-state index contributed by atoms with van der Waals surface area (Å²) >= 11 is 0. The molecule has 2 rings (SSSR count). The number of nitrogens with zero attached hydrogens (tertiary/aromatic N) is 1. The van der Waals surface area contributed by atoms with E-state index in [9.17, 15) is 4.39 Å². The van der Waals surface area contributed by atoms with Crippen LogP contribution in [0.5, 0.6) is 0 Å². The summed E-state index contributed by atoms with van der Waals surface area (Å²) in [6.07, 6.45) is 2.68. The lowest BCUT2D eigenvalue weighted by molar-refractivity contribution is 0.308. The van der Waals surface area contributed by atoms with E-state index in [-0.39, 0.29) is 5.82 Å². The molecule has 1 aromatic rings. The van der Waals surface area contributed by atoms with E-state index in [1.807, 2.05) is 12.1 Å². The van der Waals surface area contributed by atoms with Gasteiger partial charge in [-0.2, -0.15) is 0 Å². The van der Waals surface area contributed by atoms with Gasteiger partial charge in [0.15, 0.2) is 0 Å². The molecule has 0 spiro atoms. The summed E-state index contributed by atoms with van der Waals surface area (Å²) in [4.78, 5) is 2.23. The number of nitrogens with one attached hydrogen (secondary N) is 1. The van der Waals surface area contributed by atoms with E-state index in [4.69, 9.17) is 0 Å². The van der Waals surface area contributed by atoms with Crippen molar-refractivity contribution in [1.82, 2.24) is 10.2 Å². The van der Waals surface area contributed by atoms with E-state index in [1.54, 1.807) is 6.07 Å². The van der Waals surface area contributed by atoms with Crippen molar-refractivity contribution in [3.8, 4) is 0 Å². The standard InChI is InChI=1S/C16H25FN2/c1-12(2)18-9-14-6-7-16(17)15(8-14)11-19(3)10-13-4-5-13/h6-8,12-13,18H,4-5,9-11H2,1-3H3. The van der Waals surface area contributed by atoms with E-state index in [2.05, 4.69) is 31.1 Å². The molecule has 2 nitrogen and oxygen atoms in total. The van der Waals surface area contributed by atoms with Crippen LogP contribution in [-0.4, -0.2) is 24.5 Å². The second kappa shape index (κ2) is 6.49. The molecule has 0 amide bonds. The van der Waals surface area contributed by atoms with Gasteiger partial charge in [-0.15, -0.1) is 0 Å². The fourth-order valence-electron chi connectivity index (χ4n) is 2.28. The Morgan fingerprint density at radius 2 is 2.11 bits per heavy atom. The molecule has 0 atom stereocenters. The summed E-state index contributed by atoms with van der Waals surface area (Å²) in [5.41, 5.74) is 1.97. The fourth-order valence-corrected chi connectivity index (χ4v) is 2.28. The maximum Gasteiger partial charge on any atom is 0.127 e. The topological polar surface area (TPSA) is 15.3 Å². The van der Waals surface area contributed by atoms with E-state index in [0.29, 0.717) is 12.6 Å². The summed E-state index contributed by atoms with van der Waals surface area (Å²) in [6.45, 7) is 6.84. The first-order valence-corrected chi connectivity index (χ1v) is 7.24. The molecule has 3 heteroatoms. The molecule has 0 aliphatic heterocycles. The SMILES string of the molecule is CC(C)NCc1ccc(F)c(CN(C)CC2CC2)c1. The van der Waals surface area contributed by atoms with Crippen LogP contribution in [0.4, 0.5) is 4.39 Å². The van der Waals surface area contributed by atoms with Crippen LogP contribution < -0.4 is 5.32 Å². The molecule has 0 saturated heterocycles. The molecule has 0 heterocycles. The molecule has 1 aromatic carbocycles. The summed E-state index contributed by atoms with van der Waals surface area (Å²) in [5.74, 6) is 0.759. The van der Waals surface area contributed by atoms with Crippen LogP contribution in [0.1, 0.15) is 37.8 Å². The number of rotatable bonds is 7. The summed E-state index contributed by atoms with van der Waals surface area (Å²) in [7, 11) is 2.08. The van der Waals surface area contributed by atoms with Crippen molar-refractivity contribution >= 4 is 0 Å². The highest BCUT2D eigenvalue weighted by Gasteiger charge is 2.23. The third-order valence-corrected chi connectivity index (χ3v) is 3.53. The van der Waals surface area contributed by atoms with Crippen molar-refractivity contribution in [3.63, 3.8) is 0 Å². The number of hydrogen-bond donors (Lipinski definition) is 1. The smallest absolute Gasteiger partial charge is 0.127 e. The molecular formula is C16H25FN2. The van der Waals surface area contributed by atoms with Gasteiger partial charge < -0.3 is 10.2 Å². The molecule has 0 aromatic heterocycles. The zero-order valence-electron chi connectivity index (χ0n) is 12.2. The Hall–Kier alpha value is -0.930. The monoisotopic (exact) mass is 264 g/mol. The molecule has 0 bridgehead atoms. The maximum absolute atomic E-state index is 13.8. The highest BCUT2D eigenvalue weighted by Crippen LogP contribution is 2.29. The van der Waals surface area contributed by atoms with Gasteiger partial charge in [-0.25, -0.2) is 4.39 Å². The van der Waals surface area contributed by atoms with E-state index in [0.717, 1.165) is 30.1 Å². The van der Waals surface area contributed by atoms with Crippen LogP contribution in [0.2, 0.25) is 0 Å². The molecule has 1 N–H and O–H groups in total. The van der Waals surface area contributed by atoms with Gasteiger partial charge >= 0.3 is 0 Å². The second-order valence-corrected chi connectivity index (χ2v) is 6.10. The molecule has 1 fully saturated rings. The van der Waals surface area contributed by atoms with Gasteiger partial charge in [0, 0.05) is 31.2 Å². The average Bonchev–Trinajstić information content (AvgIpc) is 3.14. The van der Waals surface area contributed by atoms with Crippen molar-refractivity contribution < 1.29 is 4.39 Å². The minimum Gasteiger partial charge on any atom is -0.310 e. The Morgan fingerprint density at radius 3 is 2.74 bits per heavy atom. The first-order chi connectivity index (χ1) is 9.04. The zero-order valence-corrected chi connectivity index (χ0v) is 12.2. The van der Waals surface area contributed by atoms with Gasteiger partial charge in [-0.1, -0.05) is 26.0 Å². The van der Waals surface area contributed by atoms with Gasteiger partial charge in [-0.05, 0) is 37.4 Å². The van der Waals surface area contributed by atoms with E-state index >= 15 is 0 Å². The Labute approximate surface area is 116 Å². The quantitative estimate of drug-likeness (QED) is 0.814. The molecule has 0 radical (unpaired) electrons. The predicted octanol–water partition coefficient (Wildman–Crippen LogP) is 3.17. The van der Waals surface area contributed by atoms with Crippen LogP contribution in [0.25, 0.3) is 0 Å². The van der Waals surface area contributed by atoms with E-state index in [1.165, 1.54) is 12.8 Å². The van der Waals surface area contributed by atoms with Crippen LogP contribution in [0.15, 0.2) is 18.2 Å². The number of hydrogen-bond acceptors (Lipinski definition) is 2.